The Morgan fingerprint density at radius 3 is 2.88 bits per heavy atom. The average molecular weight is 353 g/mol. The molecule has 26 heavy (non-hydrogen) atoms. The molecule has 2 aromatic heterocycles. The molecule has 0 unspecified atom stereocenters. The van der Waals surface area contributed by atoms with Gasteiger partial charge in [0.25, 0.3) is 5.91 Å². The first-order valence-corrected chi connectivity index (χ1v) is 9.77. The van der Waals surface area contributed by atoms with E-state index in [0.717, 1.165) is 75.4 Å². The molecule has 2 aromatic rings. The molecule has 2 aliphatic rings. The van der Waals surface area contributed by atoms with Crippen LogP contribution in [0.25, 0.3) is 0 Å². The molecule has 1 aliphatic heterocycles. The average Bonchev–Trinajstić information content (AvgIpc) is 3.30. The van der Waals surface area contributed by atoms with Gasteiger partial charge < -0.3 is 9.80 Å². The van der Waals surface area contributed by atoms with Gasteiger partial charge in [-0.3, -0.25) is 9.89 Å². The normalized spacial score (nSPS) is 17.3. The van der Waals surface area contributed by atoms with Gasteiger partial charge in [0, 0.05) is 43.6 Å². The molecule has 138 valence electrons. The van der Waals surface area contributed by atoms with Gasteiger partial charge in [0.2, 0.25) is 0 Å². The highest BCUT2D eigenvalue weighted by molar-refractivity contribution is 5.94. The monoisotopic (exact) mass is 353 g/mol. The summed E-state index contributed by atoms with van der Waals surface area (Å²) in [7, 11) is 0. The fourth-order valence-electron chi connectivity index (χ4n) is 4.20. The molecule has 1 N–H and O–H groups in total. The van der Waals surface area contributed by atoms with Crippen LogP contribution in [0.2, 0.25) is 0 Å². The van der Waals surface area contributed by atoms with Gasteiger partial charge in [-0.2, -0.15) is 5.10 Å². The molecule has 1 amide bonds. The predicted octanol–water partition coefficient (Wildman–Crippen LogP) is 2.67. The van der Waals surface area contributed by atoms with Crippen molar-refractivity contribution in [3.8, 4) is 0 Å². The van der Waals surface area contributed by atoms with Crippen molar-refractivity contribution in [3.05, 3.63) is 41.3 Å². The van der Waals surface area contributed by atoms with Crippen LogP contribution in [0.5, 0.6) is 0 Å². The number of aromatic nitrogens is 3. The number of aryl methyl sites for hydroxylation is 1. The number of fused-ring (bicyclic) bond motifs is 1. The van der Waals surface area contributed by atoms with Crippen LogP contribution < -0.4 is 4.90 Å². The number of H-pyrrole nitrogens is 1. The van der Waals surface area contributed by atoms with Gasteiger partial charge in [-0.1, -0.05) is 6.07 Å². The van der Waals surface area contributed by atoms with Gasteiger partial charge >= 0.3 is 0 Å². The topological polar surface area (TPSA) is 65.1 Å². The lowest BCUT2D eigenvalue weighted by Crippen LogP contribution is -2.41. The molecule has 1 saturated heterocycles. The van der Waals surface area contributed by atoms with E-state index in [1.54, 1.807) is 0 Å². The highest BCUT2D eigenvalue weighted by Gasteiger charge is 2.28. The SMILES string of the molecule is CCN(CC1CCN(c2ccccn2)CC1)C(=O)c1n[nH]c2c1CCC2. The summed E-state index contributed by atoms with van der Waals surface area (Å²) in [6.45, 7) is 5.64. The van der Waals surface area contributed by atoms with Crippen molar-refractivity contribution >= 4 is 11.7 Å². The maximum absolute atomic E-state index is 13.0. The summed E-state index contributed by atoms with van der Waals surface area (Å²) in [6, 6.07) is 6.06. The number of aromatic amines is 1. The van der Waals surface area contributed by atoms with E-state index in [-0.39, 0.29) is 5.91 Å². The summed E-state index contributed by atoms with van der Waals surface area (Å²) in [5.74, 6) is 1.70. The number of rotatable bonds is 5. The van der Waals surface area contributed by atoms with Crippen LogP contribution in [-0.2, 0) is 12.8 Å². The highest BCUT2D eigenvalue weighted by atomic mass is 16.2. The number of hydrogen-bond acceptors (Lipinski definition) is 4. The molecule has 0 bridgehead atoms. The number of hydrogen-bond donors (Lipinski definition) is 1. The number of amides is 1. The van der Waals surface area contributed by atoms with E-state index < -0.39 is 0 Å². The van der Waals surface area contributed by atoms with E-state index in [1.807, 2.05) is 23.2 Å². The molecule has 6 nitrogen and oxygen atoms in total. The molecule has 4 rings (SSSR count). The van der Waals surface area contributed by atoms with E-state index in [4.69, 9.17) is 0 Å². The van der Waals surface area contributed by atoms with Crippen LogP contribution >= 0.6 is 0 Å². The number of carbonyl (C=O) groups is 1. The molecular weight excluding hydrogens is 326 g/mol. The molecule has 3 heterocycles. The van der Waals surface area contributed by atoms with Crippen molar-refractivity contribution in [2.45, 2.75) is 39.0 Å². The third kappa shape index (κ3) is 3.32. The molecule has 0 spiro atoms. The summed E-state index contributed by atoms with van der Waals surface area (Å²) in [4.78, 5) is 21.8. The second-order valence-corrected chi connectivity index (χ2v) is 7.35. The molecule has 0 saturated carbocycles. The molecule has 6 heteroatoms. The van der Waals surface area contributed by atoms with Crippen LogP contribution in [0.15, 0.2) is 24.4 Å². The minimum Gasteiger partial charge on any atom is -0.357 e. The Morgan fingerprint density at radius 1 is 1.31 bits per heavy atom. The Balaban J connectivity index is 1.36. The van der Waals surface area contributed by atoms with Crippen molar-refractivity contribution in [1.82, 2.24) is 20.1 Å². The van der Waals surface area contributed by atoms with Gasteiger partial charge in [0.15, 0.2) is 5.69 Å². The maximum Gasteiger partial charge on any atom is 0.274 e. The van der Waals surface area contributed by atoms with Gasteiger partial charge in [0.05, 0.1) is 0 Å². The lowest BCUT2D eigenvalue weighted by Gasteiger charge is -2.35. The quantitative estimate of drug-likeness (QED) is 0.897. The number of piperidine rings is 1. The maximum atomic E-state index is 13.0. The lowest BCUT2D eigenvalue weighted by molar-refractivity contribution is 0.0722. The fourth-order valence-corrected chi connectivity index (χ4v) is 4.20. The van der Waals surface area contributed by atoms with Gasteiger partial charge in [-0.05, 0) is 57.1 Å². The summed E-state index contributed by atoms with van der Waals surface area (Å²) in [5, 5.41) is 7.38. The van der Waals surface area contributed by atoms with Gasteiger partial charge in [-0.25, -0.2) is 4.98 Å². The third-order valence-corrected chi connectivity index (χ3v) is 5.74. The van der Waals surface area contributed by atoms with E-state index >= 15 is 0 Å². The molecule has 1 fully saturated rings. The molecule has 0 aromatic carbocycles. The predicted molar refractivity (Wildman–Crippen MR) is 101 cm³/mol. The Labute approximate surface area is 154 Å². The zero-order chi connectivity index (χ0) is 17.9. The van der Waals surface area contributed by atoms with Crippen LogP contribution in [-0.4, -0.2) is 52.2 Å². The number of nitrogens with zero attached hydrogens (tertiary/aromatic N) is 4. The molecule has 0 atom stereocenters. The van der Waals surface area contributed by atoms with Crippen molar-refractivity contribution in [2.24, 2.45) is 5.92 Å². The van der Waals surface area contributed by atoms with Gasteiger partial charge in [0.1, 0.15) is 5.82 Å². The largest absolute Gasteiger partial charge is 0.357 e. The zero-order valence-corrected chi connectivity index (χ0v) is 15.4. The molecule has 1 aliphatic carbocycles. The van der Waals surface area contributed by atoms with Gasteiger partial charge in [-0.15, -0.1) is 0 Å². The summed E-state index contributed by atoms with van der Waals surface area (Å²) in [5.41, 5.74) is 2.97. The highest BCUT2D eigenvalue weighted by Crippen LogP contribution is 2.26. The van der Waals surface area contributed by atoms with Crippen molar-refractivity contribution in [2.75, 3.05) is 31.1 Å². The summed E-state index contributed by atoms with van der Waals surface area (Å²) >= 11 is 0. The van der Waals surface area contributed by atoms with E-state index in [1.165, 1.54) is 0 Å². The number of pyridine rings is 1. The Bertz CT molecular complexity index is 749. The van der Waals surface area contributed by atoms with E-state index in [9.17, 15) is 4.79 Å². The third-order valence-electron chi connectivity index (χ3n) is 5.74. The van der Waals surface area contributed by atoms with Crippen molar-refractivity contribution < 1.29 is 4.79 Å². The van der Waals surface area contributed by atoms with Crippen LogP contribution in [0.1, 0.15) is 47.9 Å². The number of anilines is 1. The first-order valence-electron chi connectivity index (χ1n) is 9.77. The standard InChI is InChI=1S/C20H27N5O/c1-2-24(20(26)19-16-6-5-7-17(16)22-23-19)14-15-9-12-25(13-10-15)18-8-3-4-11-21-18/h3-4,8,11,15H,2,5-7,9-10,12-14H2,1H3,(H,22,23). The second kappa shape index (κ2) is 7.48. The first-order chi connectivity index (χ1) is 12.8. The number of carbonyl (C=O) groups excluding carboxylic acids is 1. The Kier molecular flexibility index (Phi) is 4.91. The van der Waals surface area contributed by atoms with Crippen LogP contribution in [0.4, 0.5) is 5.82 Å². The first kappa shape index (κ1) is 17.1. The summed E-state index contributed by atoms with van der Waals surface area (Å²) in [6.07, 6.45) is 7.17. The Hall–Kier alpha value is -2.37. The van der Waals surface area contributed by atoms with E-state index in [2.05, 4.69) is 33.1 Å². The fraction of sp³-hybridized carbons (Fsp3) is 0.550. The zero-order valence-electron chi connectivity index (χ0n) is 15.4. The molecular formula is C20H27N5O. The van der Waals surface area contributed by atoms with Crippen LogP contribution in [0, 0.1) is 5.92 Å². The smallest absolute Gasteiger partial charge is 0.274 e. The summed E-state index contributed by atoms with van der Waals surface area (Å²) < 4.78 is 0. The Morgan fingerprint density at radius 2 is 2.15 bits per heavy atom. The molecule has 0 radical (unpaired) electrons. The van der Waals surface area contributed by atoms with Crippen LogP contribution in [0.3, 0.4) is 0 Å². The van der Waals surface area contributed by atoms with Crippen molar-refractivity contribution in [3.63, 3.8) is 0 Å². The minimum atomic E-state index is 0.0963. The van der Waals surface area contributed by atoms with Crippen molar-refractivity contribution in [1.29, 1.82) is 0 Å². The van der Waals surface area contributed by atoms with E-state index in [0.29, 0.717) is 11.6 Å². The number of nitrogens with one attached hydrogen (secondary N) is 1. The minimum absolute atomic E-state index is 0.0963. The lowest BCUT2D eigenvalue weighted by atomic mass is 9.96. The second-order valence-electron chi connectivity index (χ2n) is 7.35.